The zero-order valence-electron chi connectivity index (χ0n) is 11.3. The van der Waals surface area contributed by atoms with Crippen LogP contribution in [0.25, 0.3) is 0 Å². The molecule has 0 bridgehead atoms. The number of hydrogen-bond acceptors (Lipinski definition) is 3. The van der Waals surface area contributed by atoms with Crippen molar-refractivity contribution < 1.29 is 21.6 Å². The molecule has 2 N–H and O–H groups in total. The fourth-order valence-electron chi connectivity index (χ4n) is 1.80. The number of nitrogens with two attached hydrogens (primary N) is 1. The highest BCUT2D eigenvalue weighted by Crippen LogP contribution is 2.24. The minimum atomic E-state index is -4.58. The Kier molecular flexibility index (Phi) is 5.22. The molecule has 0 aliphatic rings. The number of aromatic nitrogens is 1. The molecule has 0 radical (unpaired) electrons. The Hall–Kier alpha value is -1.06. The van der Waals surface area contributed by atoms with E-state index in [-0.39, 0.29) is 18.0 Å². The molecule has 0 amide bonds. The lowest BCUT2D eigenvalue weighted by atomic mass is 10.4. The molecule has 5 nitrogen and oxygen atoms in total. The quantitative estimate of drug-likeness (QED) is 0.864. The van der Waals surface area contributed by atoms with Gasteiger partial charge in [-0.3, -0.25) is 0 Å². The van der Waals surface area contributed by atoms with Crippen molar-refractivity contribution >= 4 is 10.0 Å². The summed E-state index contributed by atoms with van der Waals surface area (Å²) in [7, 11) is -2.58. The molecule has 1 rings (SSSR count). The van der Waals surface area contributed by atoms with Gasteiger partial charge in [-0.25, -0.2) is 8.42 Å². The number of nitrogens with zero attached hydrogens (tertiary/aromatic N) is 2. The molecular weight excluding hydrogens is 295 g/mol. The van der Waals surface area contributed by atoms with E-state index in [9.17, 15) is 21.6 Å². The normalized spacial score (nSPS) is 13.2. The van der Waals surface area contributed by atoms with Crippen LogP contribution in [0, 0.1) is 0 Å². The van der Waals surface area contributed by atoms with Crippen LogP contribution in [0.1, 0.15) is 19.0 Å². The summed E-state index contributed by atoms with van der Waals surface area (Å²) in [4.78, 5) is -0.168. The number of aryl methyl sites for hydroxylation is 1. The third-order valence-corrected chi connectivity index (χ3v) is 4.57. The van der Waals surface area contributed by atoms with E-state index >= 15 is 0 Å². The Morgan fingerprint density at radius 2 is 2.00 bits per heavy atom. The molecule has 0 aliphatic heterocycles. The molecule has 0 unspecified atom stereocenters. The highest BCUT2D eigenvalue weighted by molar-refractivity contribution is 7.89. The van der Waals surface area contributed by atoms with E-state index in [2.05, 4.69) is 0 Å². The highest BCUT2D eigenvalue weighted by atomic mass is 32.2. The van der Waals surface area contributed by atoms with Crippen molar-refractivity contribution in [3.63, 3.8) is 0 Å². The van der Waals surface area contributed by atoms with Crippen LogP contribution in [0.15, 0.2) is 17.2 Å². The zero-order valence-corrected chi connectivity index (χ0v) is 12.1. The van der Waals surface area contributed by atoms with Gasteiger partial charge in [-0.15, -0.1) is 0 Å². The molecule has 1 aromatic heterocycles. The van der Waals surface area contributed by atoms with Crippen LogP contribution in [-0.4, -0.2) is 36.6 Å². The standard InChI is InChI=1S/C11H18F3N3O2S/c1-3-4-17(8-11(12,13)14)20(18,19)10-5-9(6-15)16(2)7-10/h5,7H,3-4,6,8,15H2,1-2H3. The van der Waals surface area contributed by atoms with Crippen LogP contribution in [0.4, 0.5) is 13.2 Å². The van der Waals surface area contributed by atoms with Crippen molar-refractivity contribution in [1.29, 1.82) is 0 Å². The molecule has 0 atom stereocenters. The summed E-state index contributed by atoms with van der Waals surface area (Å²) in [5.41, 5.74) is 5.97. The van der Waals surface area contributed by atoms with E-state index in [0.717, 1.165) is 0 Å². The lowest BCUT2D eigenvalue weighted by Crippen LogP contribution is -2.39. The van der Waals surface area contributed by atoms with E-state index in [1.165, 1.54) is 16.8 Å². The van der Waals surface area contributed by atoms with Crippen molar-refractivity contribution in [2.75, 3.05) is 13.1 Å². The van der Waals surface area contributed by atoms with Crippen molar-refractivity contribution in [3.8, 4) is 0 Å². The minimum absolute atomic E-state index is 0.110. The first-order valence-corrected chi connectivity index (χ1v) is 7.48. The molecule has 9 heteroatoms. The molecule has 1 aromatic rings. The maximum Gasteiger partial charge on any atom is 0.402 e. The topological polar surface area (TPSA) is 68.3 Å². The summed E-state index contributed by atoms with van der Waals surface area (Å²) in [5, 5.41) is 0. The zero-order chi connectivity index (χ0) is 15.6. The maximum atomic E-state index is 12.5. The Morgan fingerprint density at radius 3 is 2.40 bits per heavy atom. The summed E-state index contributed by atoms with van der Waals surface area (Å²) in [6.45, 7) is 0.0546. The van der Waals surface area contributed by atoms with Crippen LogP contribution in [-0.2, 0) is 23.6 Å². The van der Waals surface area contributed by atoms with Crippen LogP contribution >= 0.6 is 0 Å². The Bertz CT molecular complexity index is 552. The lowest BCUT2D eigenvalue weighted by Gasteiger charge is -2.22. The van der Waals surface area contributed by atoms with Gasteiger partial charge in [-0.2, -0.15) is 17.5 Å². The van der Waals surface area contributed by atoms with Crippen molar-refractivity contribution in [2.24, 2.45) is 12.8 Å². The summed E-state index contributed by atoms with van der Waals surface area (Å²) in [6.07, 6.45) is -3.00. The monoisotopic (exact) mass is 313 g/mol. The third kappa shape index (κ3) is 3.97. The second kappa shape index (κ2) is 6.15. The van der Waals surface area contributed by atoms with Gasteiger partial charge in [0.1, 0.15) is 11.4 Å². The summed E-state index contributed by atoms with van der Waals surface area (Å²) in [6, 6.07) is 1.30. The molecule has 0 spiro atoms. The number of alkyl halides is 3. The predicted molar refractivity (Wildman–Crippen MR) is 68.4 cm³/mol. The first kappa shape index (κ1) is 17.0. The summed E-state index contributed by atoms with van der Waals surface area (Å²) < 4.78 is 63.9. The third-order valence-electron chi connectivity index (χ3n) is 2.76. The smallest absolute Gasteiger partial charge is 0.352 e. The lowest BCUT2D eigenvalue weighted by molar-refractivity contribution is -0.136. The van der Waals surface area contributed by atoms with Gasteiger partial charge in [0, 0.05) is 32.0 Å². The van der Waals surface area contributed by atoms with Gasteiger partial charge in [0.05, 0.1) is 0 Å². The maximum absolute atomic E-state index is 12.5. The van der Waals surface area contributed by atoms with Gasteiger partial charge in [-0.05, 0) is 12.5 Å². The Balaban J connectivity index is 3.15. The van der Waals surface area contributed by atoms with Gasteiger partial charge < -0.3 is 10.3 Å². The van der Waals surface area contributed by atoms with Gasteiger partial charge >= 0.3 is 6.18 Å². The molecule has 116 valence electrons. The molecule has 0 saturated heterocycles. The van der Waals surface area contributed by atoms with Crippen molar-refractivity contribution in [2.45, 2.75) is 31.0 Å². The average molecular weight is 313 g/mol. The van der Waals surface area contributed by atoms with E-state index < -0.39 is 22.7 Å². The van der Waals surface area contributed by atoms with Crippen LogP contribution in [0.3, 0.4) is 0 Å². The fourth-order valence-corrected chi connectivity index (χ4v) is 3.42. The van der Waals surface area contributed by atoms with E-state index in [1.54, 1.807) is 14.0 Å². The highest BCUT2D eigenvalue weighted by Gasteiger charge is 2.37. The SMILES string of the molecule is CCCN(CC(F)(F)F)S(=O)(=O)c1cc(CN)n(C)c1. The molecule has 0 fully saturated rings. The van der Waals surface area contributed by atoms with Crippen molar-refractivity contribution in [3.05, 3.63) is 18.0 Å². The number of halogens is 3. The van der Waals surface area contributed by atoms with E-state index in [4.69, 9.17) is 5.73 Å². The first-order valence-electron chi connectivity index (χ1n) is 6.04. The molecule has 20 heavy (non-hydrogen) atoms. The Labute approximate surface area is 116 Å². The van der Waals surface area contributed by atoms with Crippen LogP contribution in [0.2, 0.25) is 0 Å². The summed E-state index contributed by atoms with van der Waals surface area (Å²) >= 11 is 0. The van der Waals surface area contributed by atoms with Crippen LogP contribution < -0.4 is 5.73 Å². The average Bonchev–Trinajstić information content (AvgIpc) is 2.69. The van der Waals surface area contributed by atoms with Gasteiger partial charge in [0.25, 0.3) is 0 Å². The van der Waals surface area contributed by atoms with Crippen molar-refractivity contribution in [1.82, 2.24) is 8.87 Å². The minimum Gasteiger partial charge on any atom is -0.352 e. The molecular formula is C11H18F3N3O2S. The Morgan fingerprint density at radius 1 is 1.40 bits per heavy atom. The van der Waals surface area contributed by atoms with E-state index in [0.29, 0.717) is 16.4 Å². The molecule has 0 aromatic carbocycles. The van der Waals surface area contributed by atoms with Gasteiger partial charge in [-0.1, -0.05) is 6.92 Å². The first-order chi connectivity index (χ1) is 9.11. The second-order valence-electron chi connectivity index (χ2n) is 4.44. The molecule has 1 heterocycles. The van der Waals surface area contributed by atoms with Gasteiger partial charge in [0.2, 0.25) is 10.0 Å². The molecule has 0 saturated carbocycles. The van der Waals surface area contributed by atoms with Crippen LogP contribution in [0.5, 0.6) is 0 Å². The fraction of sp³-hybridized carbons (Fsp3) is 0.636. The number of sulfonamides is 1. The van der Waals surface area contributed by atoms with E-state index in [1.807, 2.05) is 0 Å². The molecule has 0 aliphatic carbocycles. The second-order valence-corrected chi connectivity index (χ2v) is 6.37. The largest absolute Gasteiger partial charge is 0.402 e. The number of hydrogen-bond donors (Lipinski definition) is 1. The summed E-state index contributed by atoms with van der Waals surface area (Å²) in [5.74, 6) is 0. The van der Waals surface area contributed by atoms with Gasteiger partial charge in [0.15, 0.2) is 0 Å². The number of rotatable bonds is 6. The predicted octanol–water partition coefficient (Wildman–Crippen LogP) is 1.45.